The molecule has 15 heavy (non-hydrogen) atoms. The van der Waals surface area contributed by atoms with Crippen molar-refractivity contribution in [2.24, 2.45) is 5.41 Å². The molecule has 84 valence electrons. The van der Waals surface area contributed by atoms with Crippen LogP contribution in [0.4, 0.5) is 0 Å². The highest BCUT2D eigenvalue weighted by molar-refractivity contribution is 5.81. The van der Waals surface area contributed by atoms with Crippen LogP contribution in [0.3, 0.4) is 0 Å². The molecule has 0 aromatic rings. The maximum Gasteiger partial charge on any atom is 0.169 e. The van der Waals surface area contributed by atoms with Crippen LogP contribution in [0.5, 0.6) is 0 Å². The number of ketones is 1. The monoisotopic (exact) mass is 210 g/mol. The smallest absolute Gasteiger partial charge is 0.169 e. The first kappa shape index (κ1) is 9.79. The minimum atomic E-state index is -0.317. The lowest BCUT2D eigenvalue weighted by molar-refractivity contribution is -0.201. The summed E-state index contributed by atoms with van der Waals surface area (Å²) in [7, 11) is 0. The van der Waals surface area contributed by atoms with E-state index in [0.29, 0.717) is 5.78 Å². The van der Waals surface area contributed by atoms with Crippen molar-refractivity contribution in [2.75, 3.05) is 13.2 Å². The van der Waals surface area contributed by atoms with E-state index in [1.165, 1.54) is 6.42 Å². The molecule has 1 aliphatic heterocycles. The second-order valence-corrected chi connectivity index (χ2v) is 5.35. The van der Waals surface area contributed by atoms with Crippen LogP contribution in [0.25, 0.3) is 0 Å². The quantitative estimate of drug-likeness (QED) is 0.613. The highest BCUT2D eigenvalue weighted by Gasteiger charge is 2.50. The summed E-state index contributed by atoms with van der Waals surface area (Å²) in [6.07, 6.45) is 6.90. The van der Waals surface area contributed by atoms with Gasteiger partial charge in [-0.15, -0.1) is 0 Å². The SMILES string of the molecule is O=C1CC[C@]2(CCCC3(C2)OCCO3)C1. The number of ether oxygens (including phenoxy) is 2. The highest BCUT2D eigenvalue weighted by Crippen LogP contribution is 2.52. The molecular weight excluding hydrogens is 192 g/mol. The van der Waals surface area contributed by atoms with E-state index in [2.05, 4.69) is 0 Å². The molecule has 3 rings (SSSR count). The van der Waals surface area contributed by atoms with Crippen molar-refractivity contribution in [2.45, 2.75) is 50.7 Å². The summed E-state index contributed by atoms with van der Waals surface area (Å²) in [5.74, 6) is 0.119. The summed E-state index contributed by atoms with van der Waals surface area (Å²) in [6, 6.07) is 0. The maximum absolute atomic E-state index is 11.4. The first-order valence-electron chi connectivity index (χ1n) is 6.02. The van der Waals surface area contributed by atoms with Gasteiger partial charge in [-0.1, -0.05) is 0 Å². The van der Waals surface area contributed by atoms with Gasteiger partial charge >= 0.3 is 0 Å². The molecule has 2 spiro atoms. The molecule has 0 amide bonds. The fourth-order valence-corrected chi connectivity index (χ4v) is 3.59. The zero-order chi connectivity index (χ0) is 10.4. The molecule has 3 nitrogen and oxygen atoms in total. The molecule has 2 saturated carbocycles. The van der Waals surface area contributed by atoms with Crippen molar-refractivity contribution < 1.29 is 14.3 Å². The molecule has 0 bridgehead atoms. The fourth-order valence-electron chi connectivity index (χ4n) is 3.59. The standard InChI is InChI=1S/C12H18O3/c13-10-2-5-11(8-10)3-1-4-12(9-11)14-6-7-15-12/h1-9H2/t11-/m1/s1. The van der Waals surface area contributed by atoms with E-state index < -0.39 is 0 Å². The van der Waals surface area contributed by atoms with Crippen molar-refractivity contribution in [3.8, 4) is 0 Å². The van der Waals surface area contributed by atoms with Crippen LogP contribution in [-0.4, -0.2) is 24.8 Å². The van der Waals surface area contributed by atoms with Crippen molar-refractivity contribution in [3.05, 3.63) is 0 Å². The van der Waals surface area contributed by atoms with Gasteiger partial charge in [0.2, 0.25) is 0 Å². The van der Waals surface area contributed by atoms with Crippen molar-refractivity contribution in [1.29, 1.82) is 0 Å². The van der Waals surface area contributed by atoms with E-state index in [1.807, 2.05) is 0 Å². The zero-order valence-electron chi connectivity index (χ0n) is 9.09. The van der Waals surface area contributed by atoms with Gasteiger partial charge in [-0.05, 0) is 24.7 Å². The first-order valence-corrected chi connectivity index (χ1v) is 6.02. The maximum atomic E-state index is 11.4. The van der Waals surface area contributed by atoms with E-state index in [-0.39, 0.29) is 11.2 Å². The Balaban J connectivity index is 1.78. The molecule has 1 saturated heterocycles. The second kappa shape index (κ2) is 3.29. The Hall–Kier alpha value is -0.410. The Morgan fingerprint density at radius 1 is 1.07 bits per heavy atom. The van der Waals surface area contributed by atoms with E-state index in [0.717, 1.165) is 51.7 Å². The predicted octanol–water partition coefficient (Wildman–Crippen LogP) is 2.04. The summed E-state index contributed by atoms with van der Waals surface area (Å²) < 4.78 is 11.5. The third kappa shape index (κ3) is 1.62. The number of hydrogen-bond donors (Lipinski definition) is 0. The summed E-state index contributed by atoms with van der Waals surface area (Å²) in [5, 5.41) is 0. The molecular formula is C12H18O3. The lowest BCUT2D eigenvalue weighted by atomic mass is 9.70. The van der Waals surface area contributed by atoms with Crippen molar-refractivity contribution in [1.82, 2.24) is 0 Å². The lowest BCUT2D eigenvalue weighted by Gasteiger charge is -2.42. The van der Waals surface area contributed by atoms with Gasteiger partial charge in [0, 0.05) is 25.7 Å². The van der Waals surface area contributed by atoms with Crippen LogP contribution < -0.4 is 0 Å². The minimum Gasteiger partial charge on any atom is -0.348 e. The van der Waals surface area contributed by atoms with Gasteiger partial charge < -0.3 is 9.47 Å². The summed E-state index contributed by atoms with van der Waals surface area (Å²) in [5.41, 5.74) is 0.222. The van der Waals surface area contributed by atoms with E-state index >= 15 is 0 Å². The lowest BCUT2D eigenvalue weighted by Crippen LogP contribution is -2.41. The van der Waals surface area contributed by atoms with Crippen LogP contribution in [0.1, 0.15) is 44.9 Å². The second-order valence-electron chi connectivity index (χ2n) is 5.35. The topological polar surface area (TPSA) is 35.5 Å². The van der Waals surface area contributed by atoms with Crippen molar-refractivity contribution >= 4 is 5.78 Å². The minimum absolute atomic E-state index is 0.222. The van der Waals surface area contributed by atoms with Gasteiger partial charge in [-0.3, -0.25) is 4.79 Å². The van der Waals surface area contributed by atoms with Crippen LogP contribution in [0, 0.1) is 5.41 Å². The van der Waals surface area contributed by atoms with Crippen LogP contribution in [-0.2, 0) is 14.3 Å². The van der Waals surface area contributed by atoms with E-state index in [9.17, 15) is 4.79 Å². The van der Waals surface area contributed by atoms with Gasteiger partial charge in [0.1, 0.15) is 5.78 Å². The molecule has 1 heterocycles. The Bertz CT molecular complexity index is 281. The van der Waals surface area contributed by atoms with Crippen molar-refractivity contribution in [3.63, 3.8) is 0 Å². The molecule has 3 heteroatoms. The highest BCUT2D eigenvalue weighted by atomic mass is 16.7. The summed E-state index contributed by atoms with van der Waals surface area (Å²) in [4.78, 5) is 11.4. The summed E-state index contributed by atoms with van der Waals surface area (Å²) in [6.45, 7) is 1.45. The molecule has 3 fully saturated rings. The third-order valence-corrected chi connectivity index (χ3v) is 4.23. The van der Waals surface area contributed by atoms with Gasteiger partial charge in [-0.25, -0.2) is 0 Å². The van der Waals surface area contributed by atoms with Crippen LogP contribution in [0.2, 0.25) is 0 Å². The number of hydrogen-bond acceptors (Lipinski definition) is 3. The molecule has 2 aliphatic carbocycles. The van der Waals surface area contributed by atoms with Gasteiger partial charge in [0.15, 0.2) is 5.79 Å². The average Bonchev–Trinajstić information content (AvgIpc) is 2.76. The molecule has 0 radical (unpaired) electrons. The molecule has 0 aromatic carbocycles. The predicted molar refractivity (Wildman–Crippen MR) is 54.4 cm³/mol. The molecule has 0 aromatic heterocycles. The van der Waals surface area contributed by atoms with Gasteiger partial charge in [0.05, 0.1) is 13.2 Å². The first-order chi connectivity index (χ1) is 7.22. The van der Waals surface area contributed by atoms with Gasteiger partial charge in [0.25, 0.3) is 0 Å². The summed E-state index contributed by atoms with van der Waals surface area (Å²) >= 11 is 0. The fraction of sp³-hybridized carbons (Fsp3) is 0.917. The molecule has 3 aliphatic rings. The Labute approximate surface area is 90.1 Å². The Kier molecular flexibility index (Phi) is 2.15. The third-order valence-electron chi connectivity index (χ3n) is 4.23. The molecule has 0 N–H and O–H groups in total. The van der Waals surface area contributed by atoms with Crippen LogP contribution >= 0.6 is 0 Å². The largest absolute Gasteiger partial charge is 0.348 e. The molecule has 0 unspecified atom stereocenters. The zero-order valence-corrected chi connectivity index (χ0v) is 9.09. The number of carbonyl (C=O) groups excluding carboxylic acids is 1. The number of carbonyl (C=O) groups is 1. The molecule has 1 atom stereocenters. The van der Waals surface area contributed by atoms with Crippen LogP contribution in [0.15, 0.2) is 0 Å². The Morgan fingerprint density at radius 3 is 2.53 bits per heavy atom. The number of rotatable bonds is 0. The number of Topliss-reactive ketones (excluding diaryl/α,β-unsaturated/α-hetero) is 1. The Morgan fingerprint density at radius 2 is 1.87 bits per heavy atom. The normalized spacial score (nSPS) is 39.3. The average molecular weight is 210 g/mol. The van der Waals surface area contributed by atoms with E-state index in [4.69, 9.17) is 9.47 Å². The van der Waals surface area contributed by atoms with Gasteiger partial charge in [-0.2, -0.15) is 0 Å². The van der Waals surface area contributed by atoms with E-state index in [1.54, 1.807) is 0 Å².